The van der Waals surface area contributed by atoms with Crippen molar-refractivity contribution < 1.29 is 31.5 Å². The van der Waals surface area contributed by atoms with Crippen molar-refractivity contribution in [2.24, 2.45) is 17.3 Å². The second kappa shape index (κ2) is 6.70. The number of carbonyl (C=O) groups is 1. The van der Waals surface area contributed by atoms with Crippen LogP contribution in [0, 0.1) is 46.3 Å². The third kappa shape index (κ3) is 3.27. The molecule has 1 aliphatic carbocycles. The van der Waals surface area contributed by atoms with Crippen LogP contribution in [0.2, 0.25) is 0 Å². The standard InChI is InChI=1S/C16H14ClF5O2/c1-16(2)8(3-4-17)9(16)5-10(23)24-6-7-11(18)13(20)15(22)14(21)12(7)19/h3-4,8-9H,5-6H2,1-2H3/b4-3+/t8-,9+/m1/s1. The Morgan fingerprint density at radius 2 is 1.58 bits per heavy atom. The molecule has 2 atom stereocenters. The highest BCUT2D eigenvalue weighted by Gasteiger charge is 2.56. The molecule has 2 rings (SSSR count). The van der Waals surface area contributed by atoms with Crippen molar-refractivity contribution in [2.45, 2.75) is 26.9 Å². The Morgan fingerprint density at radius 3 is 2.08 bits per heavy atom. The van der Waals surface area contributed by atoms with E-state index in [1.54, 1.807) is 6.08 Å². The van der Waals surface area contributed by atoms with E-state index < -0.39 is 47.2 Å². The summed E-state index contributed by atoms with van der Waals surface area (Å²) in [6.45, 7) is 2.79. The Kier molecular flexibility index (Phi) is 5.22. The van der Waals surface area contributed by atoms with Crippen LogP contribution in [0.25, 0.3) is 0 Å². The lowest BCUT2D eigenvalue weighted by Gasteiger charge is -2.09. The fourth-order valence-electron chi connectivity index (χ4n) is 2.81. The van der Waals surface area contributed by atoms with Gasteiger partial charge in [0.25, 0.3) is 0 Å². The average molecular weight is 369 g/mol. The van der Waals surface area contributed by atoms with Crippen LogP contribution < -0.4 is 0 Å². The molecular formula is C16H14ClF5O2. The van der Waals surface area contributed by atoms with E-state index in [9.17, 15) is 26.7 Å². The van der Waals surface area contributed by atoms with Crippen molar-refractivity contribution in [3.05, 3.63) is 46.3 Å². The van der Waals surface area contributed by atoms with Gasteiger partial charge in [-0.25, -0.2) is 22.0 Å². The van der Waals surface area contributed by atoms with Crippen LogP contribution in [0.5, 0.6) is 0 Å². The molecule has 1 aromatic carbocycles. The van der Waals surface area contributed by atoms with Crippen molar-refractivity contribution in [3.63, 3.8) is 0 Å². The topological polar surface area (TPSA) is 26.3 Å². The third-order valence-electron chi connectivity index (χ3n) is 4.48. The summed E-state index contributed by atoms with van der Waals surface area (Å²) < 4.78 is 70.7. The van der Waals surface area contributed by atoms with E-state index in [-0.39, 0.29) is 23.7 Å². The van der Waals surface area contributed by atoms with Gasteiger partial charge in [-0.15, -0.1) is 0 Å². The predicted molar refractivity (Wildman–Crippen MR) is 76.4 cm³/mol. The molecular weight excluding hydrogens is 355 g/mol. The molecule has 1 saturated carbocycles. The molecule has 1 aliphatic rings. The summed E-state index contributed by atoms with van der Waals surface area (Å²) in [5.74, 6) is -11.2. The van der Waals surface area contributed by atoms with E-state index in [0.29, 0.717) is 0 Å². The molecule has 1 aromatic rings. The fourth-order valence-corrected chi connectivity index (χ4v) is 2.96. The zero-order chi connectivity index (χ0) is 18.2. The van der Waals surface area contributed by atoms with Crippen LogP contribution in [-0.2, 0) is 16.1 Å². The molecule has 0 bridgehead atoms. The summed E-state index contributed by atoms with van der Waals surface area (Å²) in [7, 11) is 0. The summed E-state index contributed by atoms with van der Waals surface area (Å²) in [4.78, 5) is 11.8. The van der Waals surface area contributed by atoms with Crippen molar-refractivity contribution in [3.8, 4) is 0 Å². The van der Waals surface area contributed by atoms with Crippen molar-refractivity contribution >= 4 is 17.6 Å². The first-order chi connectivity index (χ1) is 11.1. The van der Waals surface area contributed by atoms with Crippen molar-refractivity contribution in [2.75, 3.05) is 0 Å². The zero-order valence-electron chi connectivity index (χ0n) is 12.8. The minimum atomic E-state index is -2.25. The smallest absolute Gasteiger partial charge is 0.306 e. The SMILES string of the molecule is CC1(C)[C@H](/C=C/Cl)[C@@H]1CC(=O)OCc1c(F)c(F)c(F)c(F)c1F. The number of hydrogen-bond donors (Lipinski definition) is 0. The van der Waals surface area contributed by atoms with E-state index in [4.69, 9.17) is 11.6 Å². The van der Waals surface area contributed by atoms with Crippen LogP contribution in [0.3, 0.4) is 0 Å². The van der Waals surface area contributed by atoms with E-state index >= 15 is 0 Å². The van der Waals surface area contributed by atoms with Crippen LogP contribution in [-0.4, -0.2) is 5.97 Å². The molecule has 0 aliphatic heterocycles. The van der Waals surface area contributed by atoms with Crippen molar-refractivity contribution in [1.82, 2.24) is 0 Å². The lowest BCUT2D eigenvalue weighted by atomic mass is 10.1. The van der Waals surface area contributed by atoms with Gasteiger partial charge >= 0.3 is 5.97 Å². The van der Waals surface area contributed by atoms with Gasteiger partial charge in [-0.1, -0.05) is 31.5 Å². The van der Waals surface area contributed by atoms with Gasteiger partial charge in [0.05, 0.1) is 5.56 Å². The van der Waals surface area contributed by atoms with Crippen LogP contribution >= 0.6 is 11.6 Å². The van der Waals surface area contributed by atoms with Gasteiger partial charge in [0.2, 0.25) is 5.82 Å². The largest absolute Gasteiger partial charge is 0.461 e. The quantitative estimate of drug-likeness (QED) is 0.322. The number of halogens is 6. The number of benzene rings is 1. The molecule has 0 saturated heterocycles. The Bertz CT molecular complexity index is 673. The van der Waals surface area contributed by atoms with E-state index in [2.05, 4.69) is 4.74 Å². The molecule has 132 valence electrons. The number of allylic oxidation sites excluding steroid dienone is 1. The molecule has 0 spiro atoms. The second-order valence-electron chi connectivity index (χ2n) is 6.19. The molecule has 2 nitrogen and oxygen atoms in total. The molecule has 0 aromatic heterocycles. The maximum atomic E-state index is 13.5. The van der Waals surface area contributed by atoms with E-state index in [1.165, 1.54) is 5.54 Å². The molecule has 24 heavy (non-hydrogen) atoms. The maximum absolute atomic E-state index is 13.5. The summed E-state index contributed by atoms with van der Waals surface area (Å²) >= 11 is 5.50. The van der Waals surface area contributed by atoms with E-state index in [0.717, 1.165) is 0 Å². The van der Waals surface area contributed by atoms with Gasteiger partial charge in [-0.05, 0) is 17.3 Å². The maximum Gasteiger partial charge on any atom is 0.306 e. The average Bonchev–Trinajstić information content (AvgIpc) is 3.03. The van der Waals surface area contributed by atoms with Gasteiger partial charge < -0.3 is 4.74 Å². The summed E-state index contributed by atoms with van der Waals surface area (Å²) in [6, 6.07) is 0. The summed E-state index contributed by atoms with van der Waals surface area (Å²) in [5, 5.41) is 0. The van der Waals surface area contributed by atoms with E-state index in [1.807, 2.05) is 13.8 Å². The first kappa shape index (κ1) is 18.7. The van der Waals surface area contributed by atoms with Crippen molar-refractivity contribution in [1.29, 1.82) is 0 Å². The highest BCUT2D eigenvalue weighted by molar-refractivity contribution is 6.25. The lowest BCUT2D eigenvalue weighted by molar-refractivity contribution is -0.145. The number of ether oxygens (including phenoxy) is 1. The van der Waals surface area contributed by atoms with Gasteiger partial charge in [0.15, 0.2) is 23.3 Å². The molecule has 1 fully saturated rings. The first-order valence-corrected chi connectivity index (χ1v) is 7.49. The van der Waals surface area contributed by atoms with Gasteiger partial charge in [-0.2, -0.15) is 0 Å². The first-order valence-electron chi connectivity index (χ1n) is 7.05. The van der Waals surface area contributed by atoms with Crippen LogP contribution in [0.4, 0.5) is 22.0 Å². The van der Waals surface area contributed by atoms with Gasteiger partial charge in [0, 0.05) is 12.0 Å². The molecule has 0 heterocycles. The molecule has 0 N–H and O–H groups in total. The summed E-state index contributed by atoms with van der Waals surface area (Å²) in [6.07, 6.45) is 1.68. The molecule has 0 radical (unpaired) electrons. The van der Waals surface area contributed by atoms with Crippen LogP contribution in [0.1, 0.15) is 25.8 Å². The van der Waals surface area contributed by atoms with Gasteiger partial charge in [-0.3, -0.25) is 4.79 Å². The molecule has 0 unspecified atom stereocenters. The monoisotopic (exact) mass is 368 g/mol. The summed E-state index contributed by atoms with van der Waals surface area (Å²) in [5.41, 5.74) is -0.0197. The second-order valence-corrected chi connectivity index (χ2v) is 6.44. The zero-order valence-corrected chi connectivity index (χ0v) is 13.6. The Balaban J connectivity index is 2.04. The number of hydrogen-bond acceptors (Lipinski definition) is 2. The number of esters is 1. The third-order valence-corrected chi connectivity index (χ3v) is 4.63. The van der Waals surface area contributed by atoms with Crippen LogP contribution in [0.15, 0.2) is 11.6 Å². The minimum absolute atomic E-state index is 0.0473. The highest BCUT2D eigenvalue weighted by Crippen LogP contribution is 2.60. The fraction of sp³-hybridized carbons (Fsp3) is 0.438. The van der Waals surface area contributed by atoms with Gasteiger partial charge in [0.1, 0.15) is 6.61 Å². The molecule has 0 amide bonds. The Morgan fingerprint density at radius 1 is 1.08 bits per heavy atom. The normalized spacial score (nSPS) is 22.0. The highest BCUT2D eigenvalue weighted by atomic mass is 35.5. The Labute approximate surface area is 140 Å². The molecule has 8 heteroatoms. The number of rotatable bonds is 5. The minimum Gasteiger partial charge on any atom is -0.461 e. The Hall–Kier alpha value is -1.63. The number of carbonyl (C=O) groups excluding carboxylic acids is 1. The predicted octanol–water partition coefficient (Wildman–Crippen LogP) is 4.84. The lowest BCUT2D eigenvalue weighted by Crippen LogP contribution is -2.12.